The van der Waals surface area contributed by atoms with Crippen molar-refractivity contribution in [1.29, 1.82) is 0 Å². The molecule has 0 aliphatic rings. The number of hydrogen-bond donors (Lipinski definition) is 3. The largest absolute Gasteiger partial charge is 0.332 e. The third-order valence-corrected chi connectivity index (χ3v) is 3.65. The Balaban J connectivity index is 1.87. The Morgan fingerprint density at radius 1 is 1.12 bits per heavy atom. The molecule has 24 heavy (non-hydrogen) atoms. The van der Waals surface area contributed by atoms with Gasteiger partial charge in [0.15, 0.2) is 0 Å². The maximum Gasteiger partial charge on any atom is 0.315 e. The van der Waals surface area contributed by atoms with Gasteiger partial charge >= 0.3 is 6.03 Å². The van der Waals surface area contributed by atoms with Crippen molar-refractivity contribution >= 4 is 17.6 Å². The second-order valence-corrected chi connectivity index (χ2v) is 5.76. The van der Waals surface area contributed by atoms with E-state index in [0.29, 0.717) is 5.69 Å². The summed E-state index contributed by atoms with van der Waals surface area (Å²) in [5.41, 5.74) is 2.49. The van der Waals surface area contributed by atoms with Crippen molar-refractivity contribution in [3.63, 3.8) is 0 Å². The van der Waals surface area contributed by atoms with Gasteiger partial charge in [-0.3, -0.25) is 9.48 Å². The van der Waals surface area contributed by atoms with E-state index >= 15 is 0 Å². The molecular weight excluding hydrogens is 306 g/mol. The molecular formula is C17H23N5O2. The number of carbonyl (C=O) groups excluding carboxylic acids is 2. The Bertz CT molecular complexity index is 711. The second kappa shape index (κ2) is 7.63. The van der Waals surface area contributed by atoms with Crippen LogP contribution in [0.25, 0.3) is 0 Å². The highest BCUT2D eigenvalue weighted by Crippen LogP contribution is 2.15. The summed E-state index contributed by atoms with van der Waals surface area (Å²) in [6.45, 7) is 5.40. The first-order valence-electron chi connectivity index (χ1n) is 7.80. The monoisotopic (exact) mass is 329 g/mol. The fourth-order valence-electron chi connectivity index (χ4n) is 2.39. The number of aromatic nitrogens is 2. The Morgan fingerprint density at radius 3 is 2.38 bits per heavy atom. The minimum absolute atomic E-state index is 0.205. The third kappa shape index (κ3) is 4.58. The van der Waals surface area contributed by atoms with Gasteiger partial charge in [-0.2, -0.15) is 5.10 Å². The standard InChI is InChI=1S/C17H23N5O2/c1-11(15-10-22(4)21-12(15)2)18-17(24)19-13(3)16(23)20-14-8-6-5-7-9-14/h5-11,13H,1-4H3,(H,20,23)(H2,18,19,24). The summed E-state index contributed by atoms with van der Waals surface area (Å²) in [4.78, 5) is 24.2. The number of urea groups is 1. The Kier molecular flexibility index (Phi) is 5.57. The number of carbonyl (C=O) groups is 2. The maximum absolute atomic E-state index is 12.1. The molecule has 3 amide bonds. The average Bonchev–Trinajstić information content (AvgIpc) is 2.86. The van der Waals surface area contributed by atoms with Gasteiger partial charge in [0, 0.05) is 24.5 Å². The van der Waals surface area contributed by atoms with Crippen LogP contribution in [0, 0.1) is 6.92 Å². The van der Waals surface area contributed by atoms with Crippen LogP contribution in [0.4, 0.5) is 10.5 Å². The number of amides is 3. The number of nitrogens with one attached hydrogen (secondary N) is 3. The zero-order valence-electron chi connectivity index (χ0n) is 14.3. The third-order valence-electron chi connectivity index (χ3n) is 3.65. The first-order chi connectivity index (χ1) is 11.4. The molecule has 7 nitrogen and oxygen atoms in total. The van der Waals surface area contributed by atoms with E-state index < -0.39 is 12.1 Å². The van der Waals surface area contributed by atoms with Crippen molar-refractivity contribution in [3.8, 4) is 0 Å². The van der Waals surface area contributed by atoms with E-state index in [2.05, 4.69) is 21.0 Å². The molecule has 0 radical (unpaired) electrons. The smallest absolute Gasteiger partial charge is 0.315 e. The van der Waals surface area contributed by atoms with Crippen LogP contribution in [0.5, 0.6) is 0 Å². The number of aryl methyl sites for hydroxylation is 2. The van der Waals surface area contributed by atoms with Crippen molar-refractivity contribution in [3.05, 3.63) is 47.8 Å². The molecule has 0 saturated heterocycles. The number of hydrogen-bond acceptors (Lipinski definition) is 3. The molecule has 0 fully saturated rings. The molecule has 3 N–H and O–H groups in total. The lowest BCUT2D eigenvalue weighted by atomic mass is 10.1. The van der Waals surface area contributed by atoms with Gasteiger partial charge in [0.2, 0.25) is 5.91 Å². The highest BCUT2D eigenvalue weighted by molar-refractivity contribution is 5.96. The van der Waals surface area contributed by atoms with Gasteiger partial charge in [-0.05, 0) is 32.9 Å². The van der Waals surface area contributed by atoms with Crippen LogP contribution in [0.2, 0.25) is 0 Å². The molecule has 0 bridgehead atoms. The van der Waals surface area contributed by atoms with Crippen molar-refractivity contribution in [2.24, 2.45) is 7.05 Å². The van der Waals surface area contributed by atoms with E-state index in [1.165, 1.54) is 0 Å². The Hall–Kier alpha value is -2.83. The number of anilines is 1. The number of nitrogens with zero attached hydrogens (tertiary/aromatic N) is 2. The highest BCUT2D eigenvalue weighted by Gasteiger charge is 2.18. The van der Waals surface area contributed by atoms with E-state index in [9.17, 15) is 9.59 Å². The molecule has 128 valence electrons. The van der Waals surface area contributed by atoms with Gasteiger partial charge in [-0.25, -0.2) is 4.79 Å². The zero-order valence-corrected chi connectivity index (χ0v) is 14.3. The van der Waals surface area contributed by atoms with Gasteiger partial charge in [-0.1, -0.05) is 18.2 Å². The fourth-order valence-corrected chi connectivity index (χ4v) is 2.39. The van der Waals surface area contributed by atoms with Crippen LogP contribution in [-0.2, 0) is 11.8 Å². The summed E-state index contributed by atoms with van der Waals surface area (Å²) in [5, 5.41) is 12.5. The van der Waals surface area contributed by atoms with Gasteiger partial charge < -0.3 is 16.0 Å². The van der Waals surface area contributed by atoms with E-state index in [1.807, 2.05) is 45.3 Å². The van der Waals surface area contributed by atoms with Gasteiger partial charge in [-0.15, -0.1) is 0 Å². The van der Waals surface area contributed by atoms with Crippen molar-refractivity contribution < 1.29 is 9.59 Å². The average molecular weight is 329 g/mol. The molecule has 2 atom stereocenters. The predicted octanol–water partition coefficient (Wildman–Crippen LogP) is 2.12. The molecule has 1 aromatic heterocycles. The van der Waals surface area contributed by atoms with Crippen LogP contribution in [0.3, 0.4) is 0 Å². The maximum atomic E-state index is 12.1. The number of para-hydroxylation sites is 1. The minimum Gasteiger partial charge on any atom is -0.332 e. The molecule has 0 spiro atoms. The zero-order chi connectivity index (χ0) is 17.7. The molecule has 1 aromatic carbocycles. The number of benzene rings is 1. The van der Waals surface area contributed by atoms with Gasteiger partial charge in [0.05, 0.1) is 11.7 Å². The fraction of sp³-hybridized carbons (Fsp3) is 0.353. The lowest BCUT2D eigenvalue weighted by Crippen LogP contribution is -2.46. The molecule has 0 aliphatic carbocycles. The number of rotatable bonds is 5. The summed E-state index contributed by atoms with van der Waals surface area (Å²) >= 11 is 0. The highest BCUT2D eigenvalue weighted by atomic mass is 16.2. The van der Waals surface area contributed by atoms with Crippen molar-refractivity contribution in [2.75, 3.05) is 5.32 Å². The van der Waals surface area contributed by atoms with Gasteiger partial charge in [0.1, 0.15) is 6.04 Å². The lowest BCUT2D eigenvalue weighted by Gasteiger charge is -2.18. The SMILES string of the molecule is Cc1nn(C)cc1C(C)NC(=O)NC(C)C(=O)Nc1ccccc1. The van der Waals surface area contributed by atoms with Crippen molar-refractivity contribution in [1.82, 2.24) is 20.4 Å². The quantitative estimate of drug-likeness (QED) is 0.785. The molecule has 2 unspecified atom stereocenters. The van der Waals surface area contributed by atoms with Crippen LogP contribution in [-0.4, -0.2) is 27.8 Å². The summed E-state index contributed by atoms with van der Waals surface area (Å²) in [6.07, 6.45) is 1.87. The van der Waals surface area contributed by atoms with Crippen LogP contribution < -0.4 is 16.0 Å². The first-order valence-corrected chi connectivity index (χ1v) is 7.80. The summed E-state index contributed by atoms with van der Waals surface area (Å²) in [7, 11) is 1.83. The summed E-state index contributed by atoms with van der Waals surface area (Å²) in [5.74, 6) is -0.276. The minimum atomic E-state index is -0.660. The Labute approximate surface area is 141 Å². The van der Waals surface area contributed by atoms with Crippen LogP contribution >= 0.6 is 0 Å². The van der Waals surface area contributed by atoms with E-state index in [4.69, 9.17) is 0 Å². The molecule has 1 heterocycles. The molecule has 2 aromatic rings. The van der Waals surface area contributed by atoms with E-state index in [0.717, 1.165) is 11.3 Å². The first kappa shape index (κ1) is 17.5. The normalized spacial score (nSPS) is 13.0. The molecule has 2 rings (SSSR count). The van der Waals surface area contributed by atoms with Crippen LogP contribution in [0.15, 0.2) is 36.5 Å². The molecule has 0 aliphatic heterocycles. The molecule has 0 saturated carbocycles. The summed E-state index contributed by atoms with van der Waals surface area (Å²) < 4.78 is 1.71. The van der Waals surface area contributed by atoms with Crippen molar-refractivity contribution in [2.45, 2.75) is 32.9 Å². The van der Waals surface area contributed by atoms with E-state index in [1.54, 1.807) is 23.7 Å². The van der Waals surface area contributed by atoms with Gasteiger partial charge in [0.25, 0.3) is 0 Å². The lowest BCUT2D eigenvalue weighted by molar-refractivity contribution is -0.117. The van der Waals surface area contributed by atoms with E-state index in [-0.39, 0.29) is 11.9 Å². The summed E-state index contributed by atoms with van der Waals surface area (Å²) in [6, 6.07) is 7.84. The van der Waals surface area contributed by atoms with Crippen LogP contribution in [0.1, 0.15) is 31.1 Å². The Morgan fingerprint density at radius 2 is 1.79 bits per heavy atom. The molecule has 7 heteroatoms. The predicted molar refractivity (Wildman–Crippen MR) is 92.6 cm³/mol. The second-order valence-electron chi connectivity index (χ2n) is 5.76. The topological polar surface area (TPSA) is 88.1 Å².